The summed E-state index contributed by atoms with van der Waals surface area (Å²) < 4.78 is 71.4. The molecule has 0 aliphatic heterocycles. The highest BCUT2D eigenvalue weighted by Crippen LogP contribution is 2.42. The van der Waals surface area contributed by atoms with Crippen LogP contribution in [0.5, 0.6) is 0 Å². The number of primary amides is 2. The van der Waals surface area contributed by atoms with Crippen LogP contribution >= 0.6 is 0 Å². The molecule has 0 unspecified atom stereocenters. The topological polar surface area (TPSA) is 195 Å². The Hall–Kier alpha value is -5.27. The Balaban J connectivity index is 1.82. The summed E-state index contributed by atoms with van der Waals surface area (Å²) in [5.74, 6) is -0.239. The van der Waals surface area contributed by atoms with Gasteiger partial charge >= 0.3 is 20.2 Å². The van der Waals surface area contributed by atoms with E-state index < -0.39 is 42.2 Å². The Bertz CT molecular complexity index is 2640. The van der Waals surface area contributed by atoms with Crippen molar-refractivity contribution in [1.82, 2.24) is 0 Å². The van der Waals surface area contributed by atoms with Crippen LogP contribution in [-0.4, -0.2) is 37.8 Å². The van der Waals surface area contributed by atoms with Gasteiger partial charge < -0.3 is 11.5 Å². The van der Waals surface area contributed by atoms with Gasteiger partial charge in [-0.1, -0.05) is 119 Å². The first-order chi connectivity index (χ1) is 30.1. The molecule has 1 aliphatic rings. The molecule has 0 saturated heterocycles. The lowest BCUT2D eigenvalue weighted by atomic mass is 9.80. The maximum absolute atomic E-state index is 13.5. The minimum absolute atomic E-state index is 0.113. The van der Waals surface area contributed by atoms with Crippen LogP contribution in [-0.2, 0) is 33.1 Å². The third-order valence-corrected chi connectivity index (χ3v) is 14.1. The number of hydrogen-bond acceptors (Lipinski definition) is 6. The van der Waals surface area contributed by atoms with Gasteiger partial charge in [0.1, 0.15) is 5.57 Å². The molecule has 0 saturated carbocycles. The molecule has 12 heteroatoms. The van der Waals surface area contributed by atoms with Crippen molar-refractivity contribution in [3.8, 4) is 0 Å². The standard InChI is InChI=1S/C53H64N2O8S2/c1-28(2)38-23-42(30(5)6)48(43(24-38)31(7)8)19-34-13-15-36(21-46(34)52(54)56)51(41-18-17-40(64(58,59)60)27-50(41)65(61,62)63)37-16-14-35(47(22-37)53(55)57)20-49-44(32(9)10)25-39(29(3)4)26-45(49)33(11)12/h13-18,21-33H,19-20H2,1-12H3,(H5-,54,55,56,57,58,59,60,61,62,63)/p+1. The van der Waals surface area contributed by atoms with Gasteiger partial charge in [0.25, 0.3) is 0 Å². The van der Waals surface area contributed by atoms with Gasteiger partial charge in [-0.25, -0.2) is 0 Å². The summed E-state index contributed by atoms with van der Waals surface area (Å²) in [7, 11) is -10.1. The molecule has 1 aliphatic carbocycles. The van der Waals surface area contributed by atoms with Crippen molar-refractivity contribution in [2.24, 2.45) is 11.5 Å². The first kappa shape index (κ1) is 50.7. The average Bonchev–Trinajstić information content (AvgIpc) is 3.20. The third kappa shape index (κ3) is 11.2. The fraction of sp³-hybridized carbons (Fsp3) is 0.377. The molecule has 4 aromatic carbocycles. The van der Waals surface area contributed by atoms with Crippen LogP contribution in [0, 0.1) is 5.25 Å². The van der Waals surface area contributed by atoms with Crippen molar-refractivity contribution in [2.45, 2.75) is 131 Å². The van der Waals surface area contributed by atoms with E-state index in [1.54, 1.807) is 36.4 Å². The number of carbonyl (C=O) groups is 2. The molecule has 65 heavy (non-hydrogen) atoms. The summed E-state index contributed by atoms with van der Waals surface area (Å²) in [6.07, 6.45) is 3.55. The number of hydrogen-bond donors (Lipinski definition) is 4. The molecular weight excluding hydrogens is 857 g/mol. The van der Waals surface area contributed by atoms with Gasteiger partial charge in [0.05, 0.1) is 11.6 Å². The van der Waals surface area contributed by atoms with E-state index in [4.69, 9.17) is 11.5 Å². The smallest absolute Gasteiger partial charge is 0.331 e. The van der Waals surface area contributed by atoms with Gasteiger partial charge in [-0.2, -0.15) is 16.8 Å². The summed E-state index contributed by atoms with van der Waals surface area (Å²) in [6, 6.07) is 18.9. The zero-order valence-corrected chi connectivity index (χ0v) is 41.3. The molecular formula is C53H65N2O8S2+. The highest BCUT2D eigenvalue weighted by molar-refractivity contribution is 7.90. The lowest BCUT2D eigenvalue weighted by molar-refractivity contribution is 0.0991. The van der Waals surface area contributed by atoms with E-state index in [9.17, 15) is 35.5 Å². The Morgan fingerprint density at radius 2 is 0.892 bits per heavy atom. The van der Waals surface area contributed by atoms with Gasteiger partial charge in [0.15, 0.2) is 10.2 Å². The van der Waals surface area contributed by atoms with Crippen molar-refractivity contribution in [2.75, 3.05) is 0 Å². The van der Waals surface area contributed by atoms with Crippen LogP contribution in [0.3, 0.4) is 0 Å². The van der Waals surface area contributed by atoms with E-state index in [2.05, 4.69) is 107 Å². The predicted molar refractivity (Wildman–Crippen MR) is 263 cm³/mol. The maximum atomic E-state index is 13.5. The molecule has 6 N–H and O–H groups in total. The second-order valence-electron chi connectivity index (χ2n) is 19.1. The van der Waals surface area contributed by atoms with Crippen LogP contribution in [0.4, 0.5) is 0 Å². The Morgan fingerprint density at radius 1 is 0.538 bits per heavy atom. The summed E-state index contributed by atoms with van der Waals surface area (Å²) in [5.41, 5.74) is 23.5. The molecule has 0 fully saturated rings. The highest BCUT2D eigenvalue weighted by Gasteiger charge is 2.40. The number of amides is 2. The lowest BCUT2D eigenvalue weighted by Gasteiger charge is -2.24. The van der Waals surface area contributed by atoms with Gasteiger partial charge in [-0.05, 0) is 128 Å². The van der Waals surface area contributed by atoms with Crippen molar-refractivity contribution in [1.29, 1.82) is 0 Å². The van der Waals surface area contributed by atoms with Gasteiger partial charge in [0, 0.05) is 34.4 Å². The molecule has 0 bridgehead atoms. The summed E-state index contributed by atoms with van der Waals surface area (Å²) >= 11 is 0. The molecule has 5 rings (SSSR count). The highest BCUT2D eigenvalue weighted by atomic mass is 32.2. The fourth-order valence-electron chi connectivity index (χ4n) is 8.79. The van der Waals surface area contributed by atoms with Crippen LogP contribution in [0.25, 0.3) is 5.57 Å². The van der Waals surface area contributed by atoms with Crippen molar-refractivity contribution in [3.05, 3.63) is 173 Å². The minimum atomic E-state index is -5.18. The van der Waals surface area contributed by atoms with E-state index in [1.165, 1.54) is 11.1 Å². The molecule has 0 heterocycles. The van der Waals surface area contributed by atoms with E-state index in [0.29, 0.717) is 41.9 Å². The van der Waals surface area contributed by atoms with Gasteiger partial charge in [-0.3, -0.25) is 18.7 Å². The minimum Gasteiger partial charge on any atom is -0.366 e. The molecule has 0 radical (unpaired) electrons. The SMILES string of the molecule is CC(C)c1cc(C(C)C)c(Cc2ccc(C(=C3C=CC(S(=O)(=O)O)=C[C+]3S(=O)(=O)O)c3ccc(Cc4c(C(C)C)cc(C(C)C)cc4C(C)C)c(C(N)=O)c3)cc2C(N)=O)c(C(C)C)c1. The van der Waals surface area contributed by atoms with E-state index in [1.807, 2.05) is 0 Å². The molecule has 0 atom stereocenters. The second kappa shape index (κ2) is 19.7. The van der Waals surface area contributed by atoms with Crippen molar-refractivity contribution >= 4 is 37.6 Å². The predicted octanol–water partition coefficient (Wildman–Crippen LogP) is 11.4. The van der Waals surface area contributed by atoms with Crippen molar-refractivity contribution in [3.63, 3.8) is 0 Å². The Kier molecular flexibility index (Phi) is 15.4. The molecule has 10 nitrogen and oxygen atoms in total. The summed E-state index contributed by atoms with van der Waals surface area (Å²) in [5, 5.41) is -0.834. The van der Waals surface area contributed by atoms with E-state index in [0.717, 1.165) is 45.5 Å². The molecule has 0 aromatic heterocycles. The zero-order valence-electron chi connectivity index (χ0n) is 39.7. The van der Waals surface area contributed by atoms with Crippen LogP contribution in [0.2, 0.25) is 0 Å². The third-order valence-electron chi connectivity index (χ3n) is 12.4. The fourth-order valence-corrected chi connectivity index (χ4v) is 10.1. The Labute approximate surface area is 386 Å². The van der Waals surface area contributed by atoms with Gasteiger partial charge in [0.2, 0.25) is 11.8 Å². The molecule has 4 aromatic rings. The molecule has 0 spiro atoms. The first-order valence-corrected chi connectivity index (χ1v) is 25.2. The number of nitrogens with two attached hydrogens (primary N) is 2. The van der Waals surface area contributed by atoms with Crippen LogP contribution < -0.4 is 11.5 Å². The number of allylic oxidation sites excluding steroid dienone is 2. The monoisotopic (exact) mass is 921 g/mol. The lowest BCUT2D eigenvalue weighted by Crippen LogP contribution is -2.19. The largest absolute Gasteiger partial charge is 0.366 e. The zero-order chi connectivity index (χ0) is 48.6. The van der Waals surface area contributed by atoms with E-state index >= 15 is 0 Å². The maximum Gasteiger partial charge on any atom is 0.331 e. The number of benzene rings is 4. The van der Waals surface area contributed by atoms with E-state index in [-0.39, 0.29) is 57.1 Å². The number of carbonyl (C=O) groups excluding carboxylic acids is 2. The normalized spacial score (nSPS) is 13.6. The average molecular weight is 922 g/mol. The summed E-state index contributed by atoms with van der Waals surface area (Å²) in [4.78, 5) is 26.3. The Morgan fingerprint density at radius 3 is 1.17 bits per heavy atom. The second-order valence-corrected chi connectivity index (χ2v) is 21.9. The molecule has 2 amide bonds. The van der Waals surface area contributed by atoms with Crippen molar-refractivity contribution < 1.29 is 35.5 Å². The number of rotatable bonds is 16. The summed E-state index contributed by atoms with van der Waals surface area (Å²) in [6.45, 7) is 25.7. The van der Waals surface area contributed by atoms with Gasteiger partial charge in [-0.15, -0.1) is 0 Å². The van der Waals surface area contributed by atoms with Crippen LogP contribution in [0.1, 0.15) is 206 Å². The quantitative estimate of drug-likeness (QED) is 0.0629. The molecule has 346 valence electrons. The van der Waals surface area contributed by atoms with Crippen LogP contribution in [0.15, 0.2) is 89.4 Å². The first-order valence-electron chi connectivity index (χ1n) is 22.3.